The SMILES string of the molecule is COP(O)OC.CO[Si](C)(C)OC. The molecule has 0 aromatic carbocycles. The summed E-state index contributed by atoms with van der Waals surface area (Å²) >= 11 is 0. The Morgan fingerprint density at radius 1 is 0.923 bits per heavy atom. The summed E-state index contributed by atoms with van der Waals surface area (Å²) in [4.78, 5) is 8.29. The van der Waals surface area contributed by atoms with Crippen molar-refractivity contribution >= 4 is 17.2 Å². The molecule has 0 saturated heterocycles. The molecular formula is C6H19O5PSi. The van der Waals surface area contributed by atoms with Crippen molar-refractivity contribution in [3.8, 4) is 0 Å². The van der Waals surface area contributed by atoms with Crippen molar-refractivity contribution in [3.63, 3.8) is 0 Å². The molecule has 0 rings (SSSR count). The minimum atomic E-state index is -1.65. The summed E-state index contributed by atoms with van der Waals surface area (Å²) in [5, 5.41) is 0. The van der Waals surface area contributed by atoms with Crippen LogP contribution in [0.1, 0.15) is 0 Å². The zero-order valence-corrected chi connectivity index (χ0v) is 10.9. The van der Waals surface area contributed by atoms with Gasteiger partial charge in [0, 0.05) is 28.4 Å². The van der Waals surface area contributed by atoms with Crippen molar-refractivity contribution < 1.29 is 22.8 Å². The van der Waals surface area contributed by atoms with Gasteiger partial charge < -0.3 is 22.8 Å². The minimum absolute atomic E-state index is 1.38. The number of hydrogen-bond donors (Lipinski definition) is 1. The van der Waals surface area contributed by atoms with Gasteiger partial charge >= 0.3 is 17.2 Å². The molecule has 0 spiro atoms. The maximum absolute atomic E-state index is 8.29. The average molecular weight is 230 g/mol. The maximum atomic E-state index is 8.29. The molecular weight excluding hydrogens is 211 g/mol. The molecule has 0 saturated carbocycles. The van der Waals surface area contributed by atoms with Crippen molar-refractivity contribution in [3.05, 3.63) is 0 Å². The highest BCUT2D eigenvalue weighted by atomic mass is 31.2. The first kappa shape index (κ1) is 15.9. The van der Waals surface area contributed by atoms with Gasteiger partial charge in [-0.05, 0) is 13.1 Å². The third-order valence-corrected chi connectivity index (χ3v) is 3.89. The second-order valence-electron chi connectivity index (χ2n) is 2.41. The predicted molar refractivity (Wildman–Crippen MR) is 54.7 cm³/mol. The van der Waals surface area contributed by atoms with Gasteiger partial charge in [0.05, 0.1) is 0 Å². The highest BCUT2D eigenvalue weighted by Crippen LogP contribution is 2.28. The van der Waals surface area contributed by atoms with E-state index in [0.717, 1.165) is 0 Å². The first-order chi connectivity index (χ1) is 5.93. The van der Waals surface area contributed by atoms with E-state index in [-0.39, 0.29) is 0 Å². The lowest BCUT2D eigenvalue weighted by Crippen LogP contribution is -2.31. The van der Waals surface area contributed by atoms with E-state index in [1.54, 1.807) is 14.2 Å². The molecule has 7 heteroatoms. The van der Waals surface area contributed by atoms with Crippen LogP contribution >= 0.6 is 8.60 Å². The van der Waals surface area contributed by atoms with Crippen LogP contribution in [-0.4, -0.2) is 41.9 Å². The number of rotatable bonds is 4. The van der Waals surface area contributed by atoms with Gasteiger partial charge in [-0.3, -0.25) is 0 Å². The van der Waals surface area contributed by atoms with E-state index >= 15 is 0 Å². The van der Waals surface area contributed by atoms with Gasteiger partial charge in [0.25, 0.3) is 0 Å². The Hall–Kier alpha value is 0.447. The zero-order valence-electron chi connectivity index (χ0n) is 9.03. The second-order valence-corrected chi connectivity index (χ2v) is 7.23. The largest absolute Gasteiger partial charge is 0.398 e. The fraction of sp³-hybridized carbons (Fsp3) is 1.00. The molecule has 0 atom stereocenters. The predicted octanol–water partition coefficient (Wildman–Crippen LogP) is 1.48. The standard InChI is InChI=1S/C4H12O2Si.C2H7O3P/c1-5-7(3,4)6-2;1-4-6(3)5-2/h1-4H3;3H,1-2H3. The Labute approximate surface area is 82.2 Å². The van der Waals surface area contributed by atoms with E-state index in [1.165, 1.54) is 14.2 Å². The molecule has 0 aliphatic heterocycles. The Kier molecular flexibility index (Phi) is 11.0. The van der Waals surface area contributed by atoms with E-state index in [4.69, 9.17) is 13.7 Å². The van der Waals surface area contributed by atoms with Gasteiger partial charge in [-0.2, -0.15) is 0 Å². The van der Waals surface area contributed by atoms with Gasteiger partial charge in [0.15, 0.2) is 0 Å². The summed E-state index contributed by atoms with van der Waals surface area (Å²) in [5.74, 6) is 0. The normalized spacial score (nSPS) is 11.1. The topological polar surface area (TPSA) is 57.2 Å². The Morgan fingerprint density at radius 3 is 1.23 bits per heavy atom. The van der Waals surface area contributed by atoms with Crippen LogP contribution in [0.25, 0.3) is 0 Å². The molecule has 0 bridgehead atoms. The van der Waals surface area contributed by atoms with Gasteiger partial charge in [0.1, 0.15) is 0 Å². The van der Waals surface area contributed by atoms with Crippen molar-refractivity contribution in [2.45, 2.75) is 13.1 Å². The van der Waals surface area contributed by atoms with Gasteiger partial charge in [-0.1, -0.05) is 0 Å². The van der Waals surface area contributed by atoms with Crippen LogP contribution in [-0.2, 0) is 17.9 Å². The van der Waals surface area contributed by atoms with Crippen LogP contribution in [0.15, 0.2) is 0 Å². The molecule has 0 amide bonds. The van der Waals surface area contributed by atoms with Crippen molar-refractivity contribution in [1.29, 1.82) is 0 Å². The van der Waals surface area contributed by atoms with Gasteiger partial charge in [0.2, 0.25) is 0 Å². The smallest absolute Gasteiger partial charge is 0.331 e. The van der Waals surface area contributed by atoms with Crippen LogP contribution in [0, 0.1) is 0 Å². The minimum Gasteiger partial charge on any atom is -0.398 e. The lowest BCUT2D eigenvalue weighted by Gasteiger charge is -2.15. The first-order valence-electron chi connectivity index (χ1n) is 3.61. The molecule has 1 N–H and O–H groups in total. The summed E-state index contributed by atoms with van der Waals surface area (Å²) < 4.78 is 18.6. The second kappa shape index (κ2) is 9.02. The van der Waals surface area contributed by atoms with Crippen molar-refractivity contribution in [1.82, 2.24) is 0 Å². The lowest BCUT2D eigenvalue weighted by molar-refractivity contribution is 0.258. The molecule has 0 heterocycles. The van der Waals surface area contributed by atoms with Gasteiger partial charge in [-0.15, -0.1) is 0 Å². The van der Waals surface area contributed by atoms with E-state index in [0.29, 0.717) is 0 Å². The molecule has 82 valence electrons. The Balaban J connectivity index is 0. The van der Waals surface area contributed by atoms with Crippen LogP contribution in [0.5, 0.6) is 0 Å². The summed E-state index contributed by atoms with van der Waals surface area (Å²) in [6.45, 7) is 3.99. The molecule has 0 aliphatic carbocycles. The van der Waals surface area contributed by atoms with E-state index in [2.05, 4.69) is 9.05 Å². The van der Waals surface area contributed by atoms with Crippen LogP contribution in [0.3, 0.4) is 0 Å². The molecule has 0 aromatic rings. The summed E-state index contributed by atoms with van der Waals surface area (Å²) in [5.41, 5.74) is 0. The van der Waals surface area contributed by atoms with Crippen LogP contribution in [0.4, 0.5) is 0 Å². The van der Waals surface area contributed by atoms with Gasteiger partial charge in [-0.25, -0.2) is 0 Å². The molecule has 0 radical (unpaired) electrons. The summed E-state index contributed by atoms with van der Waals surface area (Å²) in [7, 11) is 2.89. The first-order valence-corrected chi connectivity index (χ1v) is 7.55. The zero-order chi connectivity index (χ0) is 10.9. The van der Waals surface area contributed by atoms with E-state index in [9.17, 15) is 0 Å². The van der Waals surface area contributed by atoms with E-state index in [1.807, 2.05) is 13.1 Å². The molecule has 0 aromatic heterocycles. The quantitative estimate of drug-likeness (QED) is 0.585. The average Bonchev–Trinajstić information content (AvgIpc) is 2.17. The highest BCUT2D eigenvalue weighted by molar-refractivity contribution is 7.40. The molecule has 0 aliphatic rings. The molecule has 0 unspecified atom stereocenters. The van der Waals surface area contributed by atoms with Crippen LogP contribution < -0.4 is 0 Å². The fourth-order valence-electron chi connectivity index (χ4n) is 0.158. The van der Waals surface area contributed by atoms with Crippen molar-refractivity contribution in [2.75, 3.05) is 28.4 Å². The molecule has 0 fully saturated rings. The maximum Gasteiger partial charge on any atom is 0.331 e. The molecule has 5 nitrogen and oxygen atoms in total. The summed E-state index contributed by atoms with van der Waals surface area (Å²) in [6, 6.07) is 0. The third-order valence-electron chi connectivity index (χ3n) is 1.30. The molecule has 13 heavy (non-hydrogen) atoms. The number of hydrogen-bond acceptors (Lipinski definition) is 5. The monoisotopic (exact) mass is 230 g/mol. The van der Waals surface area contributed by atoms with E-state index < -0.39 is 17.2 Å². The van der Waals surface area contributed by atoms with Crippen molar-refractivity contribution in [2.24, 2.45) is 0 Å². The lowest BCUT2D eigenvalue weighted by atomic mass is 11.8. The fourth-order valence-corrected chi connectivity index (χ4v) is 0.474. The highest BCUT2D eigenvalue weighted by Gasteiger charge is 2.19. The van der Waals surface area contributed by atoms with Crippen LogP contribution in [0.2, 0.25) is 13.1 Å². The summed E-state index contributed by atoms with van der Waals surface area (Å²) in [6.07, 6.45) is 0. The Bertz CT molecular complexity index is 103. The Morgan fingerprint density at radius 2 is 1.23 bits per heavy atom. The third kappa shape index (κ3) is 12.4.